The van der Waals surface area contributed by atoms with Crippen molar-refractivity contribution >= 4 is 33.4 Å². The number of thioether (sulfide) groups is 1. The van der Waals surface area contributed by atoms with Crippen LogP contribution in [0, 0.1) is 0 Å². The first kappa shape index (κ1) is 24.0. The van der Waals surface area contributed by atoms with E-state index in [1.54, 1.807) is 31.2 Å². The highest BCUT2D eigenvalue weighted by Gasteiger charge is 2.21. The van der Waals surface area contributed by atoms with Crippen molar-refractivity contribution in [3.63, 3.8) is 0 Å². The molecule has 7 nitrogen and oxygen atoms in total. The number of benzene rings is 2. The van der Waals surface area contributed by atoms with Crippen molar-refractivity contribution in [3.8, 4) is 11.5 Å². The molecule has 0 spiro atoms. The van der Waals surface area contributed by atoms with Crippen LogP contribution in [0.1, 0.15) is 39.3 Å². The van der Waals surface area contributed by atoms with Crippen molar-refractivity contribution in [1.29, 1.82) is 0 Å². The zero-order chi connectivity index (χ0) is 22.3. The fourth-order valence-electron chi connectivity index (χ4n) is 2.85. The van der Waals surface area contributed by atoms with Gasteiger partial charge in [0.2, 0.25) is 15.9 Å². The van der Waals surface area contributed by atoms with Gasteiger partial charge in [0.25, 0.3) is 0 Å². The maximum absolute atomic E-state index is 12.9. The first-order valence-electron chi connectivity index (χ1n) is 9.59. The van der Waals surface area contributed by atoms with Crippen LogP contribution in [0.2, 0.25) is 0 Å². The van der Waals surface area contributed by atoms with Gasteiger partial charge in [0.1, 0.15) is 0 Å². The highest BCUT2D eigenvalue weighted by atomic mass is 32.2. The number of sulfonamides is 1. The Morgan fingerprint density at radius 2 is 1.73 bits per heavy atom. The summed E-state index contributed by atoms with van der Waals surface area (Å²) in [6.07, 6.45) is 1.86. The Morgan fingerprint density at radius 1 is 1.07 bits per heavy atom. The summed E-state index contributed by atoms with van der Waals surface area (Å²) in [6, 6.07) is 9.52. The SMILES string of the molecule is CCOc1ccc(C(C)NS(=O)(=O)c2ccc(SC)c(NC(C)=O)c2)cc1OCC. The molecule has 30 heavy (non-hydrogen) atoms. The van der Waals surface area contributed by atoms with E-state index < -0.39 is 16.1 Å². The van der Waals surface area contributed by atoms with Crippen molar-refractivity contribution in [2.45, 2.75) is 43.5 Å². The van der Waals surface area contributed by atoms with Crippen LogP contribution in [-0.2, 0) is 14.8 Å². The van der Waals surface area contributed by atoms with E-state index in [2.05, 4.69) is 10.0 Å². The predicted octanol–water partition coefficient (Wildman–Crippen LogP) is 4.20. The molecule has 0 aliphatic rings. The number of ether oxygens (including phenoxy) is 2. The van der Waals surface area contributed by atoms with Crippen molar-refractivity contribution in [2.75, 3.05) is 24.8 Å². The average molecular weight is 453 g/mol. The molecule has 0 saturated heterocycles. The second kappa shape index (κ2) is 10.7. The molecule has 0 bridgehead atoms. The molecule has 2 aromatic rings. The van der Waals surface area contributed by atoms with Crippen molar-refractivity contribution in [2.24, 2.45) is 0 Å². The minimum absolute atomic E-state index is 0.0758. The van der Waals surface area contributed by atoms with E-state index in [0.29, 0.717) is 30.4 Å². The van der Waals surface area contributed by atoms with Crippen LogP contribution in [0.4, 0.5) is 5.69 Å². The van der Waals surface area contributed by atoms with E-state index in [1.807, 2.05) is 20.1 Å². The molecule has 0 fully saturated rings. The minimum Gasteiger partial charge on any atom is -0.490 e. The maximum Gasteiger partial charge on any atom is 0.241 e. The van der Waals surface area contributed by atoms with E-state index in [0.717, 1.165) is 10.5 Å². The molecule has 9 heteroatoms. The Bertz CT molecular complexity index is 993. The topological polar surface area (TPSA) is 93.7 Å². The molecule has 164 valence electrons. The molecule has 0 heterocycles. The first-order chi connectivity index (χ1) is 14.2. The van der Waals surface area contributed by atoms with E-state index >= 15 is 0 Å². The summed E-state index contributed by atoms with van der Waals surface area (Å²) in [4.78, 5) is 12.3. The molecular weight excluding hydrogens is 424 g/mol. The zero-order valence-corrected chi connectivity index (χ0v) is 19.4. The van der Waals surface area contributed by atoms with Crippen LogP contribution >= 0.6 is 11.8 Å². The van der Waals surface area contributed by atoms with Gasteiger partial charge in [-0.1, -0.05) is 6.07 Å². The molecule has 1 amide bonds. The van der Waals surface area contributed by atoms with Gasteiger partial charge in [0.15, 0.2) is 11.5 Å². The standard InChI is InChI=1S/C21H28N2O5S2/c1-6-27-19-10-8-16(12-20(19)28-7-2)14(3)23-30(25,26)17-9-11-21(29-5)18(13-17)22-15(4)24/h8-14,23H,6-7H2,1-5H3,(H,22,24). The van der Waals surface area contributed by atoms with E-state index in [4.69, 9.17) is 9.47 Å². The second-order valence-corrected chi connectivity index (χ2v) is 9.02. The lowest BCUT2D eigenvalue weighted by Gasteiger charge is -2.18. The fraction of sp³-hybridized carbons (Fsp3) is 0.381. The molecule has 2 rings (SSSR count). The number of rotatable bonds is 10. The third kappa shape index (κ3) is 6.13. The second-order valence-electron chi connectivity index (χ2n) is 6.46. The van der Waals surface area contributed by atoms with Crippen LogP contribution in [0.15, 0.2) is 46.2 Å². The van der Waals surface area contributed by atoms with Gasteiger partial charge in [0, 0.05) is 17.9 Å². The Hall–Kier alpha value is -2.23. The lowest BCUT2D eigenvalue weighted by atomic mass is 10.1. The largest absolute Gasteiger partial charge is 0.490 e. The Kier molecular flexibility index (Phi) is 8.57. The monoisotopic (exact) mass is 452 g/mol. The maximum atomic E-state index is 12.9. The average Bonchev–Trinajstić information content (AvgIpc) is 2.68. The van der Waals surface area contributed by atoms with Crippen LogP contribution in [0.25, 0.3) is 0 Å². The van der Waals surface area contributed by atoms with Gasteiger partial charge < -0.3 is 14.8 Å². The van der Waals surface area contributed by atoms with Crippen molar-refractivity contribution in [1.82, 2.24) is 4.72 Å². The van der Waals surface area contributed by atoms with Crippen LogP contribution in [-0.4, -0.2) is 33.8 Å². The van der Waals surface area contributed by atoms with Crippen LogP contribution in [0.3, 0.4) is 0 Å². The summed E-state index contributed by atoms with van der Waals surface area (Å²) < 4.78 is 39.8. The summed E-state index contributed by atoms with van der Waals surface area (Å²) in [5, 5.41) is 2.68. The number of anilines is 1. The van der Waals surface area contributed by atoms with Gasteiger partial charge in [-0.3, -0.25) is 4.79 Å². The molecule has 0 aromatic heterocycles. The fourth-order valence-corrected chi connectivity index (χ4v) is 4.64. The van der Waals surface area contributed by atoms with E-state index in [9.17, 15) is 13.2 Å². The smallest absolute Gasteiger partial charge is 0.241 e. The lowest BCUT2D eigenvalue weighted by Crippen LogP contribution is -2.27. The number of carbonyl (C=O) groups is 1. The number of hydrogen-bond acceptors (Lipinski definition) is 6. The molecule has 0 aliphatic heterocycles. The summed E-state index contributed by atoms with van der Waals surface area (Å²) in [7, 11) is -3.82. The third-order valence-electron chi connectivity index (χ3n) is 4.19. The highest BCUT2D eigenvalue weighted by Crippen LogP contribution is 2.32. The number of nitrogens with one attached hydrogen (secondary N) is 2. The van der Waals surface area contributed by atoms with Gasteiger partial charge in [-0.25, -0.2) is 13.1 Å². The number of amides is 1. The predicted molar refractivity (Wildman–Crippen MR) is 120 cm³/mol. The first-order valence-corrected chi connectivity index (χ1v) is 12.3. The molecule has 2 aromatic carbocycles. The quantitative estimate of drug-likeness (QED) is 0.525. The zero-order valence-electron chi connectivity index (χ0n) is 17.8. The van der Waals surface area contributed by atoms with Crippen LogP contribution < -0.4 is 19.5 Å². The normalized spacial score (nSPS) is 12.3. The molecular formula is C21H28N2O5S2. The van der Waals surface area contributed by atoms with Gasteiger partial charge in [-0.15, -0.1) is 11.8 Å². The molecule has 0 aliphatic carbocycles. The highest BCUT2D eigenvalue weighted by molar-refractivity contribution is 7.98. The molecule has 2 N–H and O–H groups in total. The number of hydrogen-bond donors (Lipinski definition) is 2. The van der Waals surface area contributed by atoms with Gasteiger partial charge >= 0.3 is 0 Å². The molecule has 0 radical (unpaired) electrons. The molecule has 0 saturated carbocycles. The summed E-state index contributed by atoms with van der Waals surface area (Å²) in [5.41, 5.74) is 1.21. The lowest BCUT2D eigenvalue weighted by molar-refractivity contribution is -0.114. The third-order valence-corrected chi connectivity index (χ3v) is 6.53. The Labute approximate surface area is 182 Å². The summed E-state index contributed by atoms with van der Waals surface area (Å²) in [5.74, 6) is 0.921. The van der Waals surface area contributed by atoms with E-state index in [-0.39, 0.29) is 10.8 Å². The minimum atomic E-state index is -3.82. The Morgan fingerprint density at radius 3 is 2.33 bits per heavy atom. The van der Waals surface area contributed by atoms with E-state index in [1.165, 1.54) is 30.8 Å². The van der Waals surface area contributed by atoms with Gasteiger partial charge in [0.05, 0.1) is 23.8 Å². The van der Waals surface area contributed by atoms with Crippen molar-refractivity contribution in [3.05, 3.63) is 42.0 Å². The molecule has 1 atom stereocenters. The molecule has 1 unspecified atom stereocenters. The summed E-state index contributed by atoms with van der Waals surface area (Å²) in [6.45, 7) is 7.88. The van der Waals surface area contributed by atoms with Gasteiger partial charge in [-0.05, 0) is 62.9 Å². The van der Waals surface area contributed by atoms with Gasteiger partial charge in [-0.2, -0.15) is 0 Å². The summed E-state index contributed by atoms with van der Waals surface area (Å²) >= 11 is 1.42. The Balaban J connectivity index is 2.30. The van der Waals surface area contributed by atoms with Crippen molar-refractivity contribution < 1.29 is 22.7 Å². The van der Waals surface area contributed by atoms with Crippen LogP contribution in [0.5, 0.6) is 11.5 Å². The number of carbonyl (C=O) groups excluding carboxylic acids is 1.